The van der Waals surface area contributed by atoms with Gasteiger partial charge in [-0.1, -0.05) is 35.4 Å². The first-order valence-corrected chi connectivity index (χ1v) is 6.66. The number of anilines is 1. The minimum absolute atomic E-state index is 0.997. The van der Waals surface area contributed by atoms with Gasteiger partial charge in [-0.25, -0.2) is 0 Å². The Kier molecular flexibility index (Phi) is 6.27. The predicted molar refractivity (Wildman–Crippen MR) is 82.1 cm³/mol. The minimum atomic E-state index is 0.997. The highest BCUT2D eigenvalue weighted by molar-refractivity contribution is 5.46. The smallest absolute Gasteiger partial charge is 0.0383 e. The van der Waals surface area contributed by atoms with Crippen molar-refractivity contribution in [3.05, 3.63) is 54.1 Å². The van der Waals surface area contributed by atoms with E-state index in [0.29, 0.717) is 0 Å². The molecule has 18 heavy (non-hydrogen) atoms. The number of allylic oxidation sites excluding steroid dienone is 2. The molecular weight excluding hydrogens is 218 g/mol. The minimum Gasteiger partial charge on any atom is -0.371 e. The Bertz CT molecular complexity index is 389. The number of benzene rings is 1. The fourth-order valence-corrected chi connectivity index (χ4v) is 1.96. The molecule has 0 saturated carbocycles. The largest absolute Gasteiger partial charge is 0.371 e. The van der Waals surface area contributed by atoms with Crippen LogP contribution >= 0.6 is 0 Å². The summed E-state index contributed by atoms with van der Waals surface area (Å²) >= 11 is 0. The van der Waals surface area contributed by atoms with Crippen molar-refractivity contribution in [2.24, 2.45) is 0 Å². The lowest BCUT2D eigenvalue weighted by Crippen LogP contribution is -2.19. The van der Waals surface area contributed by atoms with Crippen LogP contribution in [0.3, 0.4) is 0 Å². The number of nitrogens with zero attached hydrogens (tertiary/aromatic N) is 1. The Hall–Kier alpha value is -1.50. The number of hydrogen-bond acceptors (Lipinski definition) is 1. The molecule has 0 spiro atoms. The maximum Gasteiger partial charge on any atom is 0.0383 e. The highest BCUT2D eigenvalue weighted by atomic mass is 15.1. The Balaban J connectivity index is 2.37. The average molecular weight is 243 g/mol. The summed E-state index contributed by atoms with van der Waals surface area (Å²) in [4.78, 5) is 2.28. The summed E-state index contributed by atoms with van der Waals surface area (Å²) < 4.78 is 0. The molecule has 0 heterocycles. The topological polar surface area (TPSA) is 3.24 Å². The van der Waals surface area contributed by atoms with Gasteiger partial charge in [0.05, 0.1) is 0 Å². The van der Waals surface area contributed by atoms with E-state index in [1.165, 1.54) is 23.3 Å². The third-order valence-corrected chi connectivity index (χ3v) is 2.98. The molecule has 0 amide bonds. The first-order valence-electron chi connectivity index (χ1n) is 6.66. The summed E-state index contributed by atoms with van der Waals surface area (Å²) in [5.74, 6) is 0. The molecule has 0 N–H and O–H groups in total. The molecule has 0 atom stereocenters. The van der Waals surface area contributed by atoms with E-state index >= 15 is 0 Å². The predicted octanol–water partition coefficient (Wildman–Crippen LogP) is 4.82. The van der Waals surface area contributed by atoms with E-state index < -0.39 is 0 Å². The van der Waals surface area contributed by atoms with Gasteiger partial charge in [0.2, 0.25) is 0 Å². The molecule has 0 aliphatic carbocycles. The molecule has 1 rings (SSSR count). The molecule has 1 heteroatoms. The summed E-state index contributed by atoms with van der Waals surface area (Å²) in [6.07, 6.45) is 5.85. The van der Waals surface area contributed by atoms with Crippen LogP contribution in [-0.4, -0.2) is 13.6 Å². The van der Waals surface area contributed by atoms with Crippen molar-refractivity contribution in [1.82, 2.24) is 0 Å². The second kappa shape index (κ2) is 7.75. The number of hydrogen-bond donors (Lipinski definition) is 0. The van der Waals surface area contributed by atoms with Crippen molar-refractivity contribution < 1.29 is 0 Å². The van der Waals surface area contributed by atoms with Gasteiger partial charge >= 0.3 is 0 Å². The van der Waals surface area contributed by atoms with Crippen LogP contribution in [0.1, 0.15) is 33.1 Å². The van der Waals surface area contributed by atoms with Crippen LogP contribution in [0.25, 0.3) is 0 Å². The van der Waals surface area contributed by atoms with Gasteiger partial charge in [0.15, 0.2) is 0 Å². The summed E-state index contributed by atoms with van der Waals surface area (Å²) in [5.41, 5.74) is 3.98. The molecule has 0 aliphatic heterocycles. The van der Waals surface area contributed by atoms with Gasteiger partial charge < -0.3 is 4.90 Å². The highest BCUT2D eigenvalue weighted by Crippen LogP contribution is 2.13. The van der Waals surface area contributed by atoms with Crippen LogP contribution in [0, 0.1) is 0 Å². The molecule has 0 aromatic heterocycles. The number of para-hydroxylation sites is 1. The van der Waals surface area contributed by atoms with Crippen molar-refractivity contribution in [3.8, 4) is 0 Å². The molecule has 1 aromatic rings. The molecule has 1 aromatic carbocycles. The molecular formula is C17H25N. The molecule has 0 unspecified atom stereocenters. The zero-order valence-electron chi connectivity index (χ0n) is 11.9. The Labute approximate surface area is 112 Å². The fraction of sp³-hybridized carbons (Fsp3) is 0.412. The van der Waals surface area contributed by atoms with Crippen LogP contribution in [0.4, 0.5) is 5.69 Å². The van der Waals surface area contributed by atoms with Crippen molar-refractivity contribution in [3.63, 3.8) is 0 Å². The molecule has 98 valence electrons. The molecule has 0 saturated heterocycles. The van der Waals surface area contributed by atoms with Crippen molar-refractivity contribution in [1.29, 1.82) is 0 Å². The maximum atomic E-state index is 3.93. The second-order valence-electron chi connectivity index (χ2n) is 5.09. The van der Waals surface area contributed by atoms with E-state index in [2.05, 4.69) is 68.8 Å². The van der Waals surface area contributed by atoms with E-state index in [1.807, 2.05) is 0 Å². The third kappa shape index (κ3) is 5.72. The van der Waals surface area contributed by atoms with E-state index in [1.54, 1.807) is 0 Å². The van der Waals surface area contributed by atoms with Crippen molar-refractivity contribution in [2.45, 2.75) is 33.1 Å². The normalized spacial score (nSPS) is 11.4. The van der Waals surface area contributed by atoms with E-state index in [9.17, 15) is 0 Å². The van der Waals surface area contributed by atoms with E-state index in [-0.39, 0.29) is 0 Å². The van der Waals surface area contributed by atoms with Gasteiger partial charge in [-0.15, -0.1) is 6.58 Å². The first-order chi connectivity index (χ1) is 8.59. The molecule has 0 radical (unpaired) electrons. The van der Waals surface area contributed by atoms with Gasteiger partial charge in [-0.3, -0.25) is 0 Å². The van der Waals surface area contributed by atoms with E-state index in [0.717, 1.165) is 19.4 Å². The van der Waals surface area contributed by atoms with Crippen molar-refractivity contribution in [2.75, 3.05) is 18.5 Å². The van der Waals surface area contributed by atoms with Gasteiger partial charge in [-0.2, -0.15) is 0 Å². The van der Waals surface area contributed by atoms with Gasteiger partial charge in [0.1, 0.15) is 0 Å². The van der Waals surface area contributed by atoms with Crippen LogP contribution in [0.5, 0.6) is 0 Å². The number of unbranched alkanes of at least 4 members (excludes halogenated alkanes) is 1. The molecule has 1 nitrogen and oxygen atoms in total. The standard InChI is InChI=1S/C17H25N/c1-15(2)10-8-9-11-16(3)14-18(4)17-12-6-5-7-13-17/h5-7,11-13H,1,8-10,14H2,2-4H3/b16-11+. The lowest BCUT2D eigenvalue weighted by Gasteiger charge is -2.19. The van der Waals surface area contributed by atoms with Crippen LogP contribution in [0.2, 0.25) is 0 Å². The summed E-state index contributed by atoms with van der Waals surface area (Å²) in [6.45, 7) is 9.23. The number of likely N-dealkylation sites (N-methyl/N-ethyl adjacent to an activating group) is 1. The summed E-state index contributed by atoms with van der Waals surface area (Å²) in [5, 5.41) is 0. The van der Waals surface area contributed by atoms with Crippen LogP contribution < -0.4 is 4.90 Å². The lowest BCUT2D eigenvalue weighted by molar-refractivity contribution is 0.825. The lowest BCUT2D eigenvalue weighted by atomic mass is 10.1. The molecule has 0 aliphatic rings. The zero-order valence-corrected chi connectivity index (χ0v) is 11.9. The SMILES string of the molecule is C=C(C)CCC/C=C(\C)CN(C)c1ccccc1. The van der Waals surface area contributed by atoms with E-state index in [4.69, 9.17) is 0 Å². The zero-order chi connectivity index (χ0) is 13.4. The quantitative estimate of drug-likeness (QED) is 0.490. The Morgan fingerprint density at radius 1 is 1.22 bits per heavy atom. The van der Waals surface area contributed by atoms with Crippen LogP contribution in [-0.2, 0) is 0 Å². The van der Waals surface area contributed by atoms with Gasteiger partial charge in [0.25, 0.3) is 0 Å². The van der Waals surface area contributed by atoms with Gasteiger partial charge in [0, 0.05) is 19.3 Å². The Morgan fingerprint density at radius 2 is 1.89 bits per heavy atom. The van der Waals surface area contributed by atoms with Gasteiger partial charge in [-0.05, 0) is 45.2 Å². The molecule has 0 fully saturated rings. The number of rotatable bonds is 7. The molecule has 0 bridgehead atoms. The first kappa shape index (κ1) is 14.6. The Morgan fingerprint density at radius 3 is 2.50 bits per heavy atom. The maximum absolute atomic E-state index is 3.93. The monoisotopic (exact) mass is 243 g/mol. The third-order valence-electron chi connectivity index (χ3n) is 2.98. The second-order valence-corrected chi connectivity index (χ2v) is 5.09. The van der Waals surface area contributed by atoms with Crippen molar-refractivity contribution >= 4 is 5.69 Å². The summed E-state index contributed by atoms with van der Waals surface area (Å²) in [7, 11) is 2.14. The highest BCUT2D eigenvalue weighted by Gasteiger charge is 1.99. The fourth-order valence-electron chi connectivity index (χ4n) is 1.96. The average Bonchev–Trinajstić information content (AvgIpc) is 2.35. The summed E-state index contributed by atoms with van der Waals surface area (Å²) in [6, 6.07) is 10.5. The van der Waals surface area contributed by atoms with Crippen LogP contribution in [0.15, 0.2) is 54.1 Å².